The molecule has 1 aromatic rings. The van der Waals surface area contributed by atoms with Crippen molar-refractivity contribution in [2.45, 2.75) is 44.0 Å². The summed E-state index contributed by atoms with van der Waals surface area (Å²) in [5.74, 6) is 0.910. The summed E-state index contributed by atoms with van der Waals surface area (Å²) in [6.07, 6.45) is 2.99. The standard InChI is InChI=1S/C18H27FN2O2S/c1-14-10-15(2)13-20(12-14)17-6-8-21(9-7-17)24(22,23)18-5-3-4-16(19)11-18/h3-5,11,14-15,17H,6-10,12-13H2,1-2H3/t14-,15-/m1/s1. The Bertz CT molecular complexity index is 661. The van der Waals surface area contributed by atoms with Crippen LogP contribution in [0.5, 0.6) is 0 Å². The molecule has 2 aliphatic rings. The van der Waals surface area contributed by atoms with Crippen LogP contribution >= 0.6 is 0 Å². The molecular weight excluding hydrogens is 327 g/mol. The van der Waals surface area contributed by atoms with Crippen molar-refractivity contribution in [2.75, 3.05) is 26.2 Å². The van der Waals surface area contributed by atoms with E-state index in [1.54, 1.807) is 0 Å². The highest BCUT2D eigenvalue weighted by atomic mass is 32.2. The molecule has 0 aliphatic carbocycles. The van der Waals surface area contributed by atoms with Gasteiger partial charge in [0.1, 0.15) is 5.82 Å². The highest BCUT2D eigenvalue weighted by Crippen LogP contribution is 2.28. The molecule has 0 aromatic heterocycles. The van der Waals surface area contributed by atoms with E-state index in [9.17, 15) is 12.8 Å². The molecule has 2 saturated heterocycles. The molecule has 2 heterocycles. The Morgan fingerprint density at radius 3 is 2.29 bits per heavy atom. The number of hydrogen-bond donors (Lipinski definition) is 0. The average molecular weight is 354 g/mol. The van der Waals surface area contributed by atoms with Gasteiger partial charge in [-0.2, -0.15) is 4.31 Å². The normalized spacial score (nSPS) is 28.1. The smallest absolute Gasteiger partial charge is 0.243 e. The molecule has 0 N–H and O–H groups in total. The fourth-order valence-corrected chi connectivity index (χ4v) is 5.74. The Balaban J connectivity index is 1.64. The number of rotatable bonds is 3. The minimum atomic E-state index is -3.59. The van der Waals surface area contributed by atoms with E-state index in [1.807, 2.05) is 0 Å². The van der Waals surface area contributed by atoms with Gasteiger partial charge in [0.05, 0.1) is 4.90 Å². The molecule has 134 valence electrons. The Kier molecular flexibility index (Phi) is 5.27. The second kappa shape index (κ2) is 7.10. The lowest BCUT2D eigenvalue weighted by Gasteiger charge is -2.43. The second-order valence-electron chi connectivity index (χ2n) is 7.49. The first-order valence-electron chi connectivity index (χ1n) is 8.86. The summed E-state index contributed by atoms with van der Waals surface area (Å²) in [5, 5.41) is 0. The van der Waals surface area contributed by atoms with Crippen molar-refractivity contribution in [3.05, 3.63) is 30.1 Å². The SMILES string of the molecule is C[C@@H]1C[C@@H](C)CN(C2CCN(S(=O)(=O)c3cccc(F)c3)CC2)C1. The number of halogens is 1. The topological polar surface area (TPSA) is 40.6 Å². The van der Waals surface area contributed by atoms with Crippen LogP contribution in [0.4, 0.5) is 4.39 Å². The van der Waals surface area contributed by atoms with Crippen molar-refractivity contribution < 1.29 is 12.8 Å². The first-order valence-corrected chi connectivity index (χ1v) is 10.3. The third-order valence-electron chi connectivity index (χ3n) is 5.27. The van der Waals surface area contributed by atoms with Crippen molar-refractivity contribution in [1.29, 1.82) is 0 Å². The summed E-state index contributed by atoms with van der Waals surface area (Å²) in [6, 6.07) is 5.76. The number of piperidine rings is 2. The highest BCUT2D eigenvalue weighted by Gasteiger charge is 2.34. The molecule has 0 spiro atoms. The number of likely N-dealkylation sites (tertiary alicyclic amines) is 1. The quantitative estimate of drug-likeness (QED) is 0.838. The van der Waals surface area contributed by atoms with Gasteiger partial charge in [-0.15, -0.1) is 0 Å². The maximum Gasteiger partial charge on any atom is 0.243 e. The van der Waals surface area contributed by atoms with E-state index in [4.69, 9.17) is 0 Å². The van der Waals surface area contributed by atoms with Gasteiger partial charge in [0, 0.05) is 32.2 Å². The van der Waals surface area contributed by atoms with E-state index in [0.29, 0.717) is 31.0 Å². The lowest BCUT2D eigenvalue weighted by Crippen LogP contribution is -2.50. The monoisotopic (exact) mass is 354 g/mol. The molecule has 24 heavy (non-hydrogen) atoms. The van der Waals surface area contributed by atoms with E-state index in [-0.39, 0.29) is 4.90 Å². The second-order valence-corrected chi connectivity index (χ2v) is 9.43. The minimum absolute atomic E-state index is 0.0566. The zero-order valence-corrected chi connectivity index (χ0v) is 15.3. The lowest BCUT2D eigenvalue weighted by atomic mass is 9.89. The summed E-state index contributed by atoms with van der Waals surface area (Å²) >= 11 is 0. The van der Waals surface area contributed by atoms with Crippen LogP contribution in [0.1, 0.15) is 33.1 Å². The van der Waals surface area contributed by atoms with Gasteiger partial charge in [-0.25, -0.2) is 12.8 Å². The maximum atomic E-state index is 13.4. The predicted molar refractivity (Wildman–Crippen MR) is 92.7 cm³/mol. The van der Waals surface area contributed by atoms with Gasteiger partial charge in [0.25, 0.3) is 0 Å². The van der Waals surface area contributed by atoms with E-state index < -0.39 is 15.8 Å². The first kappa shape index (κ1) is 17.8. The summed E-state index contributed by atoms with van der Waals surface area (Å²) in [7, 11) is -3.59. The molecular formula is C18H27FN2O2S. The van der Waals surface area contributed by atoms with Gasteiger partial charge in [-0.1, -0.05) is 19.9 Å². The van der Waals surface area contributed by atoms with Crippen LogP contribution in [0.25, 0.3) is 0 Å². The van der Waals surface area contributed by atoms with Crippen molar-refractivity contribution in [3.8, 4) is 0 Å². The molecule has 0 unspecified atom stereocenters. The molecule has 2 aliphatic heterocycles. The first-order chi connectivity index (χ1) is 11.4. The summed E-state index contributed by atoms with van der Waals surface area (Å²) in [5.41, 5.74) is 0. The Morgan fingerprint density at radius 2 is 1.71 bits per heavy atom. The molecule has 6 heteroatoms. The molecule has 0 bridgehead atoms. The lowest BCUT2D eigenvalue weighted by molar-refractivity contribution is 0.0689. The number of sulfonamides is 1. The van der Waals surface area contributed by atoms with Crippen LogP contribution in [0.15, 0.2) is 29.2 Å². The van der Waals surface area contributed by atoms with Crippen LogP contribution in [-0.4, -0.2) is 49.8 Å². The number of nitrogens with zero attached hydrogens (tertiary/aromatic N) is 2. The largest absolute Gasteiger partial charge is 0.300 e. The van der Waals surface area contributed by atoms with Gasteiger partial charge < -0.3 is 0 Å². The van der Waals surface area contributed by atoms with E-state index >= 15 is 0 Å². The van der Waals surface area contributed by atoms with Crippen LogP contribution in [0, 0.1) is 17.7 Å². The van der Waals surface area contributed by atoms with Gasteiger partial charge in [-0.3, -0.25) is 4.90 Å². The fourth-order valence-electron chi connectivity index (χ4n) is 4.23. The Morgan fingerprint density at radius 1 is 1.08 bits per heavy atom. The summed E-state index contributed by atoms with van der Waals surface area (Å²) < 4.78 is 40.2. The van der Waals surface area contributed by atoms with E-state index in [2.05, 4.69) is 18.7 Å². The molecule has 0 amide bonds. The number of benzene rings is 1. The van der Waals surface area contributed by atoms with E-state index in [0.717, 1.165) is 32.0 Å². The van der Waals surface area contributed by atoms with Gasteiger partial charge >= 0.3 is 0 Å². The van der Waals surface area contributed by atoms with E-state index in [1.165, 1.54) is 28.9 Å². The highest BCUT2D eigenvalue weighted by molar-refractivity contribution is 7.89. The maximum absolute atomic E-state index is 13.4. The predicted octanol–water partition coefficient (Wildman–Crippen LogP) is 2.96. The van der Waals surface area contributed by atoms with Gasteiger partial charge in [0.15, 0.2) is 0 Å². The molecule has 2 fully saturated rings. The Hall–Kier alpha value is -0.980. The third kappa shape index (κ3) is 3.81. The van der Waals surface area contributed by atoms with Crippen molar-refractivity contribution in [3.63, 3.8) is 0 Å². The Labute approximate surface area is 144 Å². The minimum Gasteiger partial charge on any atom is -0.300 e. The van der Waals surface area contributed by atoms with Crippen molar-refractivity contribution in [2.24, 2.45) is 11.8 Å². The number of hydrogen-bond acceptors (Lipinski definition) is 3. The molecule has 0 saturated carbocycles. The zero-order chi connectivity index (χ0) is 17.3. The molecule has 3 rings (SSSR count). The van der Waals surface area contributed by atoms with Crippen LogP contribution in [0.3, 0.4) is 0 Å². The molecule has 0 radical (unpaired) electrons. The van der Waals surface area contributed by atoms with Gasteiger partial charge in [-0.05, 0) is 49.3 Å². The summed E-state index contributed by atoms with van der Waals surface area (Å²) in [6.45, 7) is 7.86. The average Bonchev–Trinajstić information content (AvgIpc) is 2.54. The third-order valence-corrected chi connectivity index (χ3v) is 7.17. The van der Waals surface area contributed by atoms with Crippen LogP contribution in [0.2, 0.25) is 0 Å². The molecule has 2 atom stereocenters. The van der Waals surface area contributed by atoms with Crippen LogP contribution in [-0.2, 0) is 10.0 Å². The zero-order valence-electron chi connectivity index (χ0n) is 14.5. The molecule has 4 nitrogen and oxygen atoms in total. The summed E-state index contributed by atoms with van der Waals surface area (Å²) in [4.78, 5) is 2.60. The van der Waals surface area contributed by atoms with Crippen LogP contribution < -0.4 is 0 Å². The fraction of sp³-hybridized carbons (Fsp3) is 0.667. The van der Waals surface area contributed by atoms with Crippen molar-refractivity contribution >= 4 is 10.0 Å². The van der Waals surface area contributed by atoms with Gasteiger partial charge in [0.2, 0.25) is 10.0 Å². The van der Waals surface area contributed by atoms with Crippen molar-refractivity contribution in [1.82, 2.24) is 9.21 Å². The molecule has 1 aromatic carbocycles.